The Hall–Kier alpha value is -3.94. The lowest BCUT2D eigenvalue weighted by Gasteiger charge is -2.10. The number of nitrogens with zero attached hydrogens (tertiary/aromatic N) is 2. The molecular weight excluding hydrogens is 387 g/mol. The summed E-state index contributed by atoms with van der Waals surface area (Å²) in [4.78, 5) is 29.2. The number of para-hydroxylation sites is 2. The number of anilines is 1. The molecule has 4 aromatic rings. The fraction of sp³-hybridized carbons (Fsp3) is 0.136. The quantitative estimate of drug-likeness (QED) is 0.492. The maximum Gasteiger partial charge on any atom is 0.286 e. The first-order valence-electron chi connectivity index (χ1n) is 9.41. The molecule has 0 spiro atoms. The van der Waals surface area contributed by atoms with Crippen molar-refractivity contribution in [3.8, 4) is 0 Å². The molecule has 0 saturated heterocycles. The van der Waals surface area contributed by atoms with Gasteiger partial charge >= 0.3 is 0 Å². The molecule has 0 atom stereocenters. The highest BCUT2D eigenvalue weighted by Crippen LogP contribution is 2.17. The third kappa shape index (κ3) is 4.38. The van der Waals surface area contributed by atoms with Crippen LogP contribution in [0.5, 0.6) is 0 Å². The maximum absolute atomic E-state index is 13.1. The average molecular weight is 406 g/mol. The molecule has 2 aromatic carbocycles. The first-order valence-corrected chi connectivity index (χ1v) is 9.41. The molecule has 0 unspecified atom stereocenters. The van der Waals surface area contributed by atoms with Crippen molar-refractivity contribution in [1.29, 1.82) is 0 Å². The third-order valence-corrected chi connectivity index (χ3v) is 4.54. The topological polar surface area (TPSA) is 89.2 Å². The van der Waals surface area contributed by atoms with Crippen molar-refractivity contribution in [1.82, 2.24) is 14.9 Å². The zero-order valence-corrected chi connectivity index (χ0v) is 16.0. The second-order valence-corrected chi connectivity index (χ2v) is 6.64. The SMILES string of the molecule is O=C(Cn1c(CCNC(=O)c2ccco2)nc2ccccc21)Nc1ccc(F)cc1. The summed E-state index contributed by atoms with van der Waals surface area (Å²) in [7, 11) is 0. The standard InChI is InChI=1S/C22H19FN4O3/c23-15-7-9-16(10-8-15)25-21(28)14-27-18-5-2-1-4-17(18)26-20(27)11-12-24-22(29)19-6-3-13-30-19/h1-10,13H,11-12,14H2,(H,24,29)(H,25,28). The van der Waals surface area contributed by atoms with E-state index >= 15 is 0 Å². The molecule has 8 heteroatoms. The van der Waals surface area contributed by atoms with E-state index in [4.69, 9.17) is 4.42 Å². The van der Waals surface area contributed by atoms with Gasteiger partial charge in [0.15, 0.2) is 5.76 Å². The predicted molar refractivity (Wildman–Crippen MR) is 110 cm³/mol. The highest BCUT2D eigenvalue weighted by Gasteiger charge is 2.15. The van der Waals surface area contributed by atoms with Gasteiger partial charge in [-0.05, 0) is 48.5 Å². The van der Waals surface area contributed by atoms with E-state index in [1.54, 1.807) is 12.1 Å². The molecule has 0 bridgehead atoms. The van der Waals surface area contributed by atoms with E-state index in [2.05, 4.69) is 15.6 Å². The molecule has 2 aromatic heterocycles. The number of benzene rings is 2. The fourth-order valence-corrected chi connectivity index (χ4v) is 3.15. The van der Waals surface area contributed by atoms with Crippen LogP contribution in [0.4, 0.5) is 10.1 Å². The van der Waals surface area contributed by atoms with Crippen LogP contribution < -0.4 is 10.6 Å². The molecule has 30 heavy (non-hydrogen) atoms. The van der Waals surface area contributed by atoms with Crippen molar-refractivity contribution < 1.29 is 18.4 Å². The lowest BCUT2D eigenvalue weighted by atomic mass is 10.3. The van der Waals surface area contributed by atoms with Crippen LogP contribution in [-0.4, -0.2) is 27.9 Å². The molecule has 7 nitrogen and oxygen atoms in total. The summed E-state index contributed by atoms with van der Waals surface area (Å²) in [5.74, 6) is -0.0257. The molecule has 4 rings (SSSR count). The summed E-state index contributed by atoms with van der Waals surface area (Å²) in [6.45, 7) is 0.377. The molecule has 0 aliphatic carbocycles. The number of hydrogen-bond donors (Lipinski definition) is 2. The Bertz CT molecular complexity index is 1170. The number of fused-ring (bicyclic) bond motifs is 1. The number of nitrogens with one attached hydrogen (secondary N) is 2. The van der Waals surface area contributed by atoms with Gasteiger partial charge in [-0.2, -0.15) is 0 Å². The number of imidazole rings is 1. The minimum absolute atomic E-state index is 0.0410. The molecule has 2 heterocycles. The van der Waals surface area contributed by atoms with E-state index in [1.807, 2.05) is 28.8 Å². The van der Waals surface area contributed by atoms with Crippen LogP contribution >= 0.6 is 0 Å². The Kier molecular flexibility index (Phi) is 5.56. The van der Waals surface area contributed by atoms with Crippen LogP contribution in [0, 0.1) is 5.82 Å². The van der Waals surface area contributed by atoms with Crippen LogP contribution in [0.3, 0.4) is 0 Å². The summed E-state index contributed by atoms with van der Waals surface area (Å²) in [6, 6.07) is 16.3. The van der Waals surface area contributed by atoms with Crippen LogP contribution in [0.25, 0.3) is 11.0 Å². The summed E-state index contributed by atoms with van der Waals surface area (Å²) in [6.07, 6.45) is 1.87. The summed E-state index contributed by atoms with van der Waals surface area (Å²) in [5.41, 5.74) is 2.09. The highest BCUT2D eigenvalue weighted by atomic mass is 19.1. The van der Waals surface area contributed by atoms with Gasteiger partial charge in [0.1, 0.15) is 18.2 Å². The van der Waals surface area contributed by atoms with Crippen LogP contribution in [-0.2, 0) is 17.8 Å². The van der Waals surface area contributed by atoms with E-state index in [-0.39, 0.29) is 29.9 Å². The highest BCUT2D eigenvalue weighted by molar-refractivity contribution is 5.92. The number of carbonyl (C=O) groups excluding carboxylic acids is 2. The number of rotatable bonds is 7. The van der Waals surface area contributed by atoms with Crippen molar-refractivity contribution in [3.05, 3.63) is 84.3 Å². The van der Waals surface area contributed by atoms with Crippen molar-refractivity contribution in [3.63, 3.8) is 0 Å². The minimum Gasteiger partial charge on any atom is -0.459 e. The van der Waals surface area contributed by atoms with Crippen molar-refractivity contribution in [2.24, 2.45) is 0 Å². The maximum atomic E-state index is 13.1. The van der Waals surface area contributed by atoms with E-state index < -0.39 is 0 Å². The number of furan rings is 1. The summed E-state index contributed by atoms with van der Waals surface area (Å²) >= 11 is 0. The smallest absolute Gasteiger partial charge is 0.286 e. The van der Waals surface area contributed by atoms with Crippen LogP contribution in [0.1, 0.15) is 16.4 Å². The van der Waals surface area contributed by atoms with Gasteiger partial charge in [-0.3, -0.25) is 9.59 Å². The van der Waals surface area contributed by atoms with E-state index in [0.29, 0.717) is 24.5 Å². The molecule has 0 aliphatic heterocycles. The van der Waals surface area contributed by atoms with E-state index in [0.717, 1.165) is 11.0 Å². The predicted octanol–water partition coefficient (Wildman–Crippen LogP) is 3.38. The van der Waals surface area contributed by atoms with Gasteiger partial charge in [0, 0.05) is 18.7 Å². The zero-order chi connectivity index (χ0) is 20.9. The molecule has 0 aliphatic rings. The normalized spacial score (nSPS) is 10.8. The van der Waals surface area contributed by atoms with Gasteiger partial charge in [0.05, 0.1) is 17.3 Å². The molecule has 0 radical (unpaired) electrons. The van der Waals surface area contributed by atoms with Crippen molar-refractivity contribution in [2.45, 2.75) is 13.0 Å². The third-order valence-electron chi connectivity index (χ3n) is 4.54. The van der Waals surface area contributed by atoms with Gasteiger partial charge in [-0.1, -0.05) is 12.1 Å². The fourth-order valence-electron chi connectivity index (χ4n) is 3.15. The van der Waals surface area contributed by atoms with Crippen LogP contribution in [0.15, 0.2) is 71.3 Å². The van der Waals surface area contributed by atoms with Crippen LogP contribution in [0.2, 0.25) is 0 Å². The van der Waals surface area contributed by atoms with Gasteiger partial charge in [0.2, 0.25) is 5.91 Å². The summed E-state index contributed by atoms with van der Waals surface area (Å²) in [5, 5.41) is 5.54. The van der Waals surface area contributed by atoms with Gasteiger partial charge in [-0.15, -0.1) is 0 Å². The second kappa shape index (κ2) is 8.60. The monoisotopic (exact) mass is 406 g/mol. The number of hydrogen-bond acceptors (Lipinski definition) is 4. The molecule has 2 amide bonds. The Labute approximate surface area is 171 Å². The lowest BCUT2D eigenvalue weighted by Crippen LogP contribution is -2.27. The van der Waals surface area contributed by atoms with Crippen molar-refractivity contribution in [2.75, 3.05) is 11.9 Å². The largest absolute Gasteiger partial charge is 0.459 e. The minimum atomic E-state index is -0.368. The summed E-state index contributed by atoms with van der Waals surface area (Å²) < 4.78 is 20.0. The number of aromatic nitrogens is 2. The first-order chi connectivity index (χ1) is 14.6. The molecule has 2 N–H and O–H groups in total. The lowest BCUT2D eigenvalue weighted by molar-refractivity contribution is -0.116. The second-order valence-electron chi connectivity index (χ2n) is 6.64. The first kappa shape index (κ1) is 19.4. The van der Waals surface area contributed by atoms with Crippen molar-refractivity contribution >= 4 is 28.5 Å². The van der Waals surface area contributed by atoms with E-state index in [9.17, 15) is 14.0 Å². The average Bonchev–Trinajstić information content (AvgIpc) is 3.39. The van der Waals surface area contributed by atoms with Gasteiger partial charge in [0.25, 0.3) is 5.91 Å². The Morgan fingerprint density at radius 3 is 2.60 bits per heavy atom. The molecule has 0 saturated carbocycles. The number of halogens is 1. The number of amides is 2. The molecular formula is C22H19FN4O3. The number of carbonyl (C=O) groups is 2. The Morgan fingerprint density at radius 1 is 1.03 bits per heavy atom. The van der Waals surface area contributed by atoms with Gasteiger partial charge in [-0.25, -0.2) is 9.37 Å². The van der Waals surface area contributed by atoms with Gasteiger partial charge < -0.3 is 19.6 Å². The zero-order valence-electron chi connectivity index (χ0n) is 16.0. The molecule has 152 valence electrons. The Morgan fingerprint density at radius 2 is 1.83 bits per heavy atom. The Balaban J connectivity index is 1.47. The van der Waals surface area contributed by atoms with E-state index in [1.165, 1.54) is 30.5 Å². The molecule has 0 fully saturated rings.